The molecule has 0 amide bonds. The van der Waals surface area contributed by atoms with E-state index >= 15 is 0 Å². The first-order valence-electron chi connectivity index (χ1n) is 6.76. The third-order valence-corrected chi connectivity index (χ3v) is 5.76. The van der Waals surface area contributed by atoms with Crippen molar-refractivity contribution < 1.29 is 8.42 Å². The van der Waals surface area contributed by atoms with E-state index in [4.69, 9.17) is 0 Å². The molecule has 0 radical (unpaired) electrons. The van der Waals surface area contributed by atoms with Gasteiger partial charge >= 0.3 is 0 Å². The zero-order chi connectivity index (χ0) is 13.7. The summed E-state index contributed by atoms with van der Waals surface area (Å²) in [5.74, 6) is 0.505. The predicted molar refractivity (Wildman–Crippen MR) is 80.8 cm³/mol. The topological polar surface area (TPSA) is 46.2 Å². The minimum atomic E-state index is -3.35. The molecule has 1 aromatic rings. The SMILES string of the molecule is O=S(=O)(NCC1CCCCC1)c1ccc(CBr)cc1. The van der Waals surface area contributed by atoms with Crippen molar-refractivity contribution in [3.05, 3.63) is 29.8 Å². The van der Waals surface area contributed by atoms with Gasteiger partial charge in [0.1, 0.15) is 0 Å². The molecular weight excluding hydrogens is 326 g/mol. The summed E-state index contributed by atoms with van der Waals surface area (Å²) in [6.45, 7) is 0.572. The van der Waals surface area contributed by atoms with Gasteiger partial charge in [0.2, 0.25) is 10.0 Å². The Morgan fingerprint density at radius 3 is 2.32 bits per heavy atom. The third kappa shape index (κ3) is 4.29. The molecule has 2 rings (SSSR count). The lowest BCUT2D eigenvalue weighted by atomic mass is 9.90. The summed E-state index contributed by atoms with van der Waals surface area (Å²) >= 11 is 3.35. The molecule has 1 aromatic carbocycles. The minimum absolute atomic E-state index is 0.355. The molecule has 0 heterocycles. The van der Waals surface area contributed by atoms with Gasteiger partial charge in [0.05, 0.1) is 4.90 Å². The van der Waals surface area contributed by atoms with Crippen molar-refractivity contribution in [3.8, 4) is 0 Å². The smallest absolute Gasteiger partial charge is 0.211 e. The van der Waals surface area contributed by atoms with E-state index < -0.39 is 10.0 Å². The fourth-order valence-corrected chi connectivity index (χ4v) is 3.95. The van der Waals surface area contributed by atoms with Crippen LogP contribution >= 0.6 is 15.9 Å². The molecule has 1 saturated carbocycles. The van der Waals surface area contributed by atoms with E-state index in [9.17, 15) is 8.42 Å². The molecule has 0 aliphatic heterocycles. The van der Waals surface area contributed by atoms with Gasteiger partial charge in [0.15, 0.2) is 0 Å². The van der Waals surface area contributed by atoms with Crippen LogP contribution in [0.3, 0.4) is 0 Å². The summed E-state index contributed by atoms with van der Waals surface area (Å²) in [5, 5.41) is 0.739. The van der Waals surface area contributed by atoms with Crippen LogP contribution in [0.25, 0.3) is 0 Å². The quantitative estimate of drug-likeness (QED) is 0.830. The highest BCUT2D eigenvalue weighted by Gasteiger charge is 2.18. The normalized spacial score (nSPS) is 17.5. The van der Waals surface area contributed by atoms with Crippen LogP contribution in [0.15, 0.2) is 29.2 Å². The standard InChI is InChI=1S/C14H20BrNO2S/c15-10-12-6-8-14(9-7-12)19(17,18)16-11-13-4-2-1-3-5-13/h6-9,13,16H,1-5,10-11H2. The molecule has 3 nitrogen and oxygen atoms in total. The van der Waals surface area contributed by atoms with Crippen LogP contribution in [0, 0.1) is 5.92 Å². The Labute approximate surface area is 124 Å². The van der Waals surface area contributed by atoms with E-state index in [1.165, 1.54) is 19.3 Å². The summed E-state index contributed by atoms with van der Waals surface area (Å²) < 4.78 is 27.0. The van der Waals surface area contributed by atoms with Crippen molar-refractivity contribution in [2.24, 2.45) is 5.92 Å². The largest absolute Gasteiger partial charge is 0.240 e. The number of rotatable bonds is 5. The van der Waals surface area contributed by atoms with Gasteiger partial charge in [-0.1, -0.05) is 47.3 Å². The first kappa shape index (κ1) is 15.0. The highest BCUT2D eigenvalue weighted by Crippen LogP contribution is 2.23. The highest BCUT2D eigenvalue weighted by molar-refractivity contribution is 9.08. The van der Waals surface area contributed by atoms with Gasteiger partial charge in [-0.25, -0.2) is 13.1 Å². The fourth-order valence-electron chi connectivity index (χ4n) is 2.46. The Morgan fingerprint density at radius 2 is 1.74 bits per heavy atom. The van der Waals surface area contributed by atoms with Crippen LogP contribution in [0.5, 0.6) is 0 Å². The average Bonchev–Trinajstić information content (AvgIpc) is 2.46. The highest BCUT2D eigenvalue weighted by atomic mass is 79.9. The van der Waals surface area contributed by atoms with Crippen LogP contribution in [-0.4, -0.2) is 15.0 Å². The lowest BCUT2D eigenvalue weighted by molar-refractivity contribution is 0.357. The van der Waals surface area contributed by atoms with E-state index in [1.54, 1.807) is 12.1 Å². The van der Waals surface area contributed by atoms with E-state index in [1.807, 2.05) is 12.1 Å². The molecule has 0 spiro atoms. The number of halogens is 1. The van der Waals surface area contributed by atoms with Crippen LogP contribution in [0.1, 0.15) is 37.7 Å². The van der Waals surface area contributed by atoms with Crippen molar-refractivity contribution >= 4 is 26.0 Å². The van der Waals surface area contributed by atoms with E-state index in [0.29, 0.717) is 17.4 Å². The van der Waals surface area contributed by atoms with E-state index in [2.05, 4.69) is 20.7 Å². The van der Waals surface area contributed by atoms with Crippen LogP contribution < -0.4 is 4.72 Å². The maximum atomic E-state index is 12.2. The van der Waals surface area contributed by atoms with Crippen molar-refractivity contribution in [3.63, 3.8) is 0 Å². The predicted octanol–water partition coefficient (Wildman–Crippen LogP) is 3.44. The molecule has 1 aliphatic rings. The van der Waals surface area contributed by atoms with Crippen molar-refractivity contribution in [2.45, 2.75) is 42.3 Å². The Kier molecular flexibility index (Phi) is 5.42. The van der Waals surface area contributed by atoms with E-state index in [-0.39, 0.29) is 0 Å². The number of benzene rings is 1. The number of alkyl halides is 1. The molecule has 5 heteroatoms. The molecule has 1 aliphatic carbocycles. The molecule has 106 valence electrons. The Hall–Kier alpha value is -0.390. The van der Waals surface area contributed by atoms with Crippen LogP contribution in [0.2, 0.25) is 0 Å². The van der Waals surface area contributed by atoms with Gasteiger partial charge in [0, 0.05) is 11.9 Å². The minimum Gasteiger partial charge on any atom is -0.211 e. The van der Waals surface area contributed by atoms with Gasteiger partial charge in [-0.2, -0.15) is 0 Å². The summed E-state index contributed by atoms with van der Waals surface area (Å²) in [7, 11) is -3.35. The monoisotopic (exact) mass is 345 g/mol. The first-order chi connectivity index (χ1) is 9.12. The maximum Gasteiger partial charge on any atom is 0.240 e. The second-order valence-electron chi connectivity index (χ2n) is 5.13. The molecule has 0 atom stereocenters. The number of hydrogen-bond donors (Lipinski definition) is 1. The zero-order valence-electron chi connectivity index (χ0n) is 10.9. The fraction of sp³-hybridized carbons (Fsp3) is 0.571. The molecule has 0 aromatic heterocycles. The van der Waals surface area contributed by atoms with Gasteiger partial charge in [-0.05, 0) is 36.5 Å². The van der Waals surface area contributed by atoms with Crippen molar-refractivity contribution in [1.82, 2.24) is 4.72 Å². The lowest BCUT2D eigenvalue weighted by Gasteiger charge is -2.21. The van der Waals surface area contributed by atoms with Crippen LogP contribution in [0.4, 0.5) is 0 Å². The second kappa shape index (κ2) is 6.86. The lowest BCUT2D eigenvalue weighted by Crippen LogP contribution is -2.30. The van der Waals surface area contributed by atoms with Gasteiger partial charge < -0.3 is 0 Å². The Bertz CT molecular complexity index is 493. The molecule has 19 heavy (non-hydrogen) atoms. The summed E-state index contributed by atoms with van der Waals surface area (Å²) in [5.41, 5.74) is 1.08. The maximum absolute atomic E-state index is 12.2. The molecule has 1 N–H and O–H groups in total. The molecule has 0 unspecified atom stereocenters. The van der Waals surface area contributed by atoms with Gasteiger partial charge in [0.25, 0.3) is 0 Å². The molecule has 0 bridgehead atoms. The second-order valence-corrected chi connectivity index (χ2v) is 7.46. The number of sulfonamides is 1. The van der Waals surface area contributed by atoms with Crippen molar-refractivity contribution in [1.29, 1.82) is 0 Å². The summed E-state index contributed by atoms with van der Waals surface area (Å²) in [6.07, 6.45) is 6.03. The average molecular weight is 346 g/mol. The third-order valence-electron chi connectivity index (χ3n) is 3.67. The number of nitrogens with one attached hydrogen (secondary N) is 1. The summed E-state index contributed by atoms with van der Waals surface area (Å²) in [6, 6.07) is 7.01. The molecule has 0 saturated heterocycles. The van der Waals surface area contributed by atoms with Crippen LogP contribution in [-0.2, 0) is 15.4 Å². The van der Waals surface area contributed by atoms with Gasteiger partial charge in [-0.15, -0.1) is 0 Å². The first-order valence-corrected chi connectivity index (χ1v) is 9.37. The van der Waals surface area contributed by atoms with Crippen molar-refractivity contribution in [2.75, 3.05) is 6.54 Å². The van der Waals surface area contributed by atoms with Gasteiger partial charge in [-0.3, -0.25) is 0 Å². The number of hydrogen-bond acceptors (Lipinski definition) is 2. The Balaban J connectivity index is 1.96. The Morgan fingerprint density at radius 1 is 1.11 bits per heavy atom. The molecule has 1 fully saturated rings. The summed E-state index contributed by atoms with van der Waals surface area (Å²) in [4.78, 5) is 0.355. The van der Waals surface area contributed by atoms with E-state index in [0.717, 1.165) is 23.7 Å². The molecular formula is C14H20BrNO2S. The zero-order valence-corrected chi connectivity index (χ0v) is 13.3.